The zero-order chi connectivity index (χ0) is 14.8. The van der Waals surface area contributed by atoms with Gasteiger partial charge in [0.25, 0.3) is 5.91 Å². The molecule has 1 aliphatic rings. The number of nitrogens with zero attached hydrogens (tertiary/aromatic N) is 1. The highest BCUT2D eigenvalue weighted by Gasteiger charge is 2.38. The predicted molar refractivity (Wildman–Crippen MR) is 86.5 cm³/mol. The Morgan fingerprint density at radius 3 is 2.76 bits per heavy atom. The molecule has 0 radical (unpaired) electrons. The van der Waals surface area contributed by atoms with Crippen molar-refractivity contribution in [3.8, 4) is 0 Å². The normalized spacial score (nSPS) is 22.0. The highest BCUT2D eigenvalue weighted by Crippen LogP contribution is 2.37. The average molecular weight is 300 g/mol. The van der Waals surface area contributed by atoms with Gasteiger partial charge in [0.15, 0.2) is 0 Å². The smallest absolute Gasteiger partial charge is 0.258 e. The van der Waals surface area contributed by atoms with E-state index < -0.39 is 0 Å². The fourth-order valence-electron chi connectivity index (χ4n) is 2.77. The van der Waals surface area contributed by atoms with Gasteiger partial charge in [-0.05, 0) is 37.5 Å². The number of nitrogens with two attached hydrogens (primary N) is 1. The third-order valence-electron chi connectivity index (χ3n) is 4.11. The Labute approximate surface area is 129 Å². The lowest BCUT2D eigenvalue weighted by Crippen LogP contribution is -2.15. The number of hydrogen-bond acceptors (Lipinski definition) is 3. The Balaban J connectivity index is 1.51. The molecule has 0 saturated carbocycles. The van der Waals surface area contributed by atoms with Crippen molar-refractivity contribution in [3.63, 3.8) is 0 Å². The van der Waals surface area contributed by atoms with Crippen molar-refractivity contribution in [2.24, 2.45) is 5.73 Å². The molecule has 3 rings (SSSR count). The molecule has 21 heavy (non-hydrogen) atoms. The highest BCUT2D eigenvalue weighted by atomic mass is 32.1. The van der Waals surface area contributed by atoms with Gasteiger partial charge in [-0.15, -0.1) is 11.3 Å². The van der Waals surface area contributed by atoms with Crippen molar-refractivity contribution < 1.29 is 4.79 Å². The number of rotatable bonds is 6. The third-order valence-corrected chi connectivity index (χ3v) is 5.27. The number of amides is 1. The van der Waals surface area contributed by atoms with E-state index in [2.05, 4.69) is 42.2 Å². The van der Waals surface area contributed by atoms with Gasteiger partial charge in [-0.25, -0.2) is 0 Å². The minimum Gasteiger partial charge on any atom is -0.365 e. The van der Waals surface area contributed by atoms with Crippen molar-refractivity contribution in [3.05, 3.63) is 57.8 Å². The van der Waals surface area contributed by atoms with Gasteiger partial charge in [0.1, 0.15) is 0 Å². The summed E-state index contributed by atoms with van der Waals surface area (Å²) in [7, 11) is 0. The van der Waals surface area contributed by atoms with Crippen LogP contribution in [0.1, 0.15) is 39.5 Å². The lowest BCUT2D eigenvalue weighted by molar-refractivity contribution is 0.100. The van der Waals surface area contributed by atoms with E-state index in [0.29, 0.717) is 17.0 Å². The van der Waals surface area contributed by atoms with Crippen LogP contribution in [0.25, 0.3) is 0 Å². The lowest BCUT2D eigenvalue weighted by Gasteiger charge is -2.13. The molecule has 110 valence electrons. The van der Waals surface area contributed by atoms with Gasteiger partial charge in [0, 0.05) is 23.5 Å². The Morgan fingerprint density at radius 1 is 1.33 bits per heavy atom. The van der Waals surface area contributed by atoms with Gasteiger partial charge < -0.3 is 5.73 Å². The van der Waals surface area contributed by atoms with E-state index in [1.807, 2.05) is 12.1 Å². The summed E-state index contributed by atoms with van der Waals surface area (Å²) in [5, 5.41) is 0. The molecule has 2 N–H and O–H groups in total. The van der Waals surface area contributed by atoms with Crippen LogP contribution in [-0.2, 0) is 6.42 Å². The van der Waals surface area contributed by atoms with E-state index in [1.54, 1.807) is 0 Å². The van der Waals surface area contributed by atoms with E-state index >= 15 is 0 Å². The first-order chi connectivity index (χ1) is 10.1. The van der Waals surface area contributed by atoms with Crippen molar-refractivity contribution >= 4 is 17.2 Å². The molecule has 4 heteroatoms. The highest BCUT2D eigenvalue weighted by molar-refractivity contribution is 7.14. The number of primary amides is 1. The number of carbonyl (C=O) groups excluding carboxylic acids is 1. The Bertz CT molecular complexity index is 623. The van der Waals surface area contributed by atoms with Crippen LogP contribution in [0, 0.1) is 0 Å². The molecule has 2 heterocycles. The summed E-state index contributed by atoms with van der Waals surface area (Å²) in [5.74, 6) is -0.325. The molecule has 0 aliphatic carbocycles. The molecule has 1 fully saturated rings. The van der Waals surface area contributed by atoms with Gasteiger partial charge in [0.2, 0.25) is 0 Å². The number of aryl methyl sites for hydroxylation is 1. The summed E-state index contributed by atoms with van der Waals surface area (Å²) in [6, 6.07) is 15.7. The van der Waals surface area contributed by atoms with Gasteiger partial charge in [0.05, 0.1) is 4.88 Å². The molecule has 3 nitrogen and oxygen atoms in total. The first kappa shape index (κ1) is 14.3. The van der Waals surface area contributed by atoms with Gasteiger partial charge in [-0.3, -0.25) is 9.69 Å². The standard InChI is InChI=1S/C17H20N2OS/c1-12(7-8-14-9-10-16(21-14)17(18)20)19-11-15(19)13-5-3-2-4-6-13/h2-6,9-10,12,15H,7-8,11H2,1H3,(H2,18,20)/t12?,15?,19-/m0/s1. The maximum atomic E-state index is 11.1. The van der Waals surface area contributed by atoms with E-state index in [9.17, 15) is 4.79 Å². The van der Waals surface area contributed by atoms with Gasteiger partial charge >= 0.3 is 0 Å². The summed E-state index contributed by atoms with van der Waals surface area (Å²) < 4.78 is 0. The molecule has 0 spiro atoms. The molecular weight excluding hydrogens is 280 g/mol. The van der Waals surface area contributed by atoms with Crippen molar-refractivity contribution in [1.82, 2.24) is 4.90 Å². The van der Waals surface area contributed by atoms with Crippen molar-refractivity contribution in [2.45, 2.75) is 31.8 Å². The van der Waals surface area contributed by atoms with Crippen LogP contribution < -0.4 is 5.73 Å². The second-order valence-corrected chi connectivity index (χ2v) is 6.81. The second-order valence-electron chi connectivity index (χ2n) is 5.64. The third kappa shape index (κ3) is 3.34. The van der Waals surface area contributed by atoms with Crippen LogP contribution in [0.15, 0.2) is 42.5 Å². The Morgan fingerprint density at radius 2 is 2.10 bits per heavy atom. The van der Waals surface area contributed by atoms with E-state index in [1.165, 1.54) is 21.8 Å². The Kier molecular flexibility index (Phi) is 4.08. The summed E-state index contributed by atoms with van der Waals surface area (Å²) in [6.07, 6.45) is 2.12. The average Bonchev–Trinajstić information content (AvgIpc) is 3.15. The molecule has 2 unspecified atom stereocenters. The molecule has 2 aromatic rings. The summed E-state index contributed by atoms with van der Waals surface area (Å²) in [4.78, 5) is 15.5. The van der Waals surface area contributed by atoms with Crippen molar-refractivity contribution in [2.75, 3.05) is 6.54 Å². The molecule has 1 aliphatic heterocycles. The van der Waals surface area contributed by atoms with E-state index in [4.69, 9.17) is 5.73 Å². The van der Waals surface area contributed by atoms with Crippen molar-refractivity contribution in [1.29, 1.82) is 0 Å². The molecule has 3 atom stereocenters. The minimum atomic E-state index is -0.325. The van der Waals surface area contributed by atoms with Crippen LogP contribution in [0.2, 0.25) is 0 Å². The monoisotopic (exact) mass is 300 g/mol. The number of hydrogen-bond donors (Lipinski definition) is 1. The summed E-state index contributed by atoms with van der Waals surface area (Å²) in [5.41, 5.74) is 6.70. The molecular formula is C17H20N2OS. The zero-order valence-corrected chi connectivity index (χ0v) is 13.0. The SMILES string of the molecule is CC(CCc1ccc(C(N)=O)s1)[N@]1CC1c1ccccc1. The van der Waals surface area contributed by atoms with Crippen LogP contribution in [0.3, 0.4) is 0 Å². The predicted octanol–water partition coefficient (Wildman–Crippen LogP) is 3.23. The van der Waals surface area contributed by atoms with E-state index in [-0.39, 0.29) is 5.91 Å². The summed E-state index contributed by atoms with van der Waals surface area (Å²) in [6.45, 7) is 3.44. The van der Waals surface area contributed by atoms with Crippen LogP contribution in [0.4, 0.5) is 0 Å². The fraction of sp³-hybridized carbons (Fsp3) is 0.353. The Hall–Kier alpha value is -1.65. The van der Waals surface area contributed by atoms with Gasteiger partial charge in [-0.2, -0.15) is 0 Å². The topological polar surface area (TPSA) is 46.1 Å². The number of thiophene rings is 1. The maximum absolute atomic E-state index is 11.1. The molecule has 0 bridgehead atoms. The second kappa shape index (κ2) is 6.00. The number of benzene rings is 1. The minimum absolute atomic E-state index is 0.325. The molecule has 1 amide bonds. The van der Waals surface area contributed by atoms with Gasteiger partial charge in [-0.1, -0.05) is 30.3 Å². The first-order valence-corrected chi connectivity index (χ1v) is 8.16. The summed E-state index contributed by atoms with van der Waals surface area (Å²) >= 11 is 1.52. The first-order valence-electron chi connectivity index (χ1n) is 7.34. The largest absolute Gasteiger partial charge is 0.365 e. The maximum Gasteiger partial charge on any atom is 0.258 e. The van der Waals surface area contributed by atoms with Crippen LogP contribution in [0.5, 0.6) is 0 Å². The zero-order valence-electron chi connectivity index (χ0n) is 12.2. The molecule has 1 aromatic carbocycles. The molecule has 1 aromatic heterocycles. The van der Waals surface area contributed by atoms with Crippen LogP contribution in [-0.4, -0.2) is 23.4 Å². The quantitative estimate of drug-likeness (QED) is 0.833. The van der Waals surface area contributed by atoms with Crippen LogP contribution >= 0.6 is 11.3 Å². The number of carbonyl (C=O) groups is 1. The fourth-order valence-corrected chi connectivity index (χ4v) is 3.65. The van der Waals surface area contributed by atoms with E-state index in [0.717, 1.165) is 19.4 Å². The molecule has 1 saturated heterocycles. The lowest BCUT2D eigenvalue weighted by atomic mass is 10.1.